The van der Waals surface area contributed by atoms with Crippen molar-refractivity contribution in [2.24, 2.45) is 0 Å². The summed E-state index contributed by atoms with van der Waals surface area (Å²) in [6.45, 7) is 0.105. The summed E-state index contributed by atoms with van der Waals surface area (Å²) in [4.78, 5) is 0. The van der Waals surface area contributed by atoms with Crippen molar-refractivity contribution in [3.8, 4) is 11.5 Å². The van der Waals surface area contributed by atoms with E-state index in [1.807, 2.05) is 0 Å². The van der Waals surface area contributed by atoms with Crippen molar-refractivity contribution in [2.45, 2.75) is 19.0 Å². The van der Waals surface area contributed by atoms with Crippen LogP contribution in [0.15, 0.2) is 18.2 Å². The van der Waals surface area contributed by atoms with Crippen molar-refractivity contribution in [3.63, 3.8) is 0 Å². The summed E-state index contributed by atoms with van der Waals surface area (Å²) in [6.07, 6.45) is -5.67. The van der Waals surface area contributed by atoms with Crippen LogP contribution in [0.3, 0.4) is 0 Å². The smallest absolute Gasteiger partial charge is 0.456 e. The van der Waals surface area contributed by atoms with Crippen LogP contribution in [0.25, 0.3) is 0 Å². The zero-order chi connectivity index (χ0) is 14.7. The molecule has 2 N–H and O–H groups in total. The van der Waals surface area contributed by atoms with Crippen molar-refractivity contribution < 1.29 is 31.4 Å². The minimum absolute atomic E-state index is 0.123. The van der Waals surface area contributed by atoms with Crippen LogP contribution in [0.2, 0.25) is 0 Å². The molecule has 0 aliphatic rings. The van der Waals surface area contributed by atoms with Gasteiger partial charge >= 0.3 is 12.1 Å². The lowest BCUT2D eigenvalue weighted by atomic mass is 10.2. The Balaban J connectivity index is 2.81. The summed E-state index contributed by atoms with van der Waals surface area (Å²) in [5, 5.41) is 0. The number of nitrogen functional groups attached to an aromatic ring is 1. The van der Waals surface area contributed by atoms with Crippen molar-refractivity contribution in [2.75, 3.05) is 18.9 Å². The highest BCUT2D eigenvalue weighted by atomic mass is 19.4. The van der Waals surface area contributed by atoms with Gasteiger partial charge in [-0.1, -0.05) is 6.07 Å². The molecule has 8 heteroatoms. The van der Waals surface area contributed by atoms with Gasteiger partial charge in [-0.05, 0) is 19.1 Å². The van der Waals surface area contributed by atoms with E-state index in [1.54, 1.807) is 6.92 Å². The van der Waals surface area contributed by atoms with E-state index in [-0.39, 0.29) is 23.8 Å². The van der Waals surface area contributed by atoms with Gasteiger partial charge in [-0.15, -0.1) is 0 Å². The Labute approximate surface area is 106 Å². The summed E-state index contributed by atoms with van der Waals surface area (Å²) in [6, 6.07) is 4.01. The van der Waals surface area contributed by atoms with E-state index in [1.165, 1.54) is 18.2 Å². The summed E-state index contributed by atoms with van der Waals surface area (Å²) in [5.74, 6) is -5.06. The number of hydrogen-bond donors (Lipinski definition) is 1. The number of ether oxygens (including phenoxy) is 2. The maximum absolute atomic E-state index is 12.7. The van der Waals surface area contributed by atoms with E-state index in [4.69, 9.17) is 10.5 Å². The molecule has 0 aromatic heterocycles. The molecule has 0 unspecified atom stereocenters. The fourth-order valence-electron chi connectivity index (χ4n) is 1.18. The van der Waals surface area contributed by atoms with Gasteiger partial charge in [0.05, 0.1) is 6.61 Å². The number of benzene rings is 1. The van der Waals surface area contributed by atoms with Gasteiger partial charge < -0.3 is 15.2 Å². The van der Waals surface area contributed by atoms with Crippen LogP contribution in [0, 0.1) is 0 Å². The van der Waals surface area contributed by atoms with E-state index in [9.17, 15) is 22.0 Å². The van der Waals surface area contributed by atoms with Crippen LogP contribution < -0.4 is 15.2 Å². The first-order chi connectivity index (χ1) is 8.69. The molecule has 1 rings (SSSR count). The van der Waals surface area contributed by atoms with Gasteiger partial charge in [0.25, 0.3) is 0 Å². The highest BCUT2D eigenvalue weighted by Crippen LogP contribution is 2.37. The van der Waals surface area contributed by atoms with E-state index >= 15 is 0 Å². The first-order valence-corrected chi connectivity index (χ1v) is 5.27. The van der Waals surface area contributed by atoms with Gasteiger partial charge in [0, 0.05) is 0 Å². The molecule has 0 atom stereocenters. The second-order valence-corrected chi connectivity index (χ2v) is 3.59. The molecule has 1 aromatic rings. The van der Waals surface area contributed by atoms with Gasteiger partial charge in [-0.25, -0.2) is 0 Å². The Bertz CT molecular complexity index is 434. The third-order valence-corrected chi connectivity index (χ3v) is 2.15. The lowest BCUT2D eigenvalue weighted by molar-refractivity contribution is -0.289. The first kappa shape index (κ1) is 15.3. The molecular formula is C11H12F5NO2. The van der Waals surface area contributed by atoms with Crippen LogP contribution >= 0.6 is 0 Å². The number of anilines is 1. The standard InChI is InChI=1S/C11H12F5NO2/c1-2-18-7-4-3-5-8(9(7)17)19-6-10(12,13)11(14,15)16/h3-5H,2,6,17H2,1H3. The zero-order valence-electron chi connectivity index (χ0n) is 9.93. The number of para-hydroxylation sites is 1. The van der Waals surface area contributed by atoms with E-state index in [2.05, 4.69) is 4.74 Å². The highest BCUT2D eigenvalue weighted by Gasteiger charge is 2.58. The maximum atomic E-state index is 12.7. The number of alkyl halides is 5. The second kappa shape index (κ2) is 5.50. The van der Waals surface area contributed by atoms with E-state index < -0.39 is 18.7 Å². The molecule has 0 heterocycles. The monoisotopic (exact) mass is 285 g/mol. The number of nitrogens with two attached hydrogens (primary N) is 1. The average molecular weight is 285 g/mol. The largest absolute Gasteiger partial charge is 0.492 e. The molecule has 0 bridgehead atoms. The summed E-state index contributed by atoms with van der Waals surface area (Å²) < 4.78 is 70.7. The minimum atomic E-state index is -5.67. The normalized spacial score (nSPS) is 12.3. The van der Waals surface area contributed by atoms with Crippen molar-refractivity contribution in [1.82, 2.24) is 0 Å². The Morgan fingerprint density at radius 2 is 1.58 bits per heavy atom. The second-order valence-electron chi connectivity index (χ2n) is 3.59. The van der Waals surface area contributed by atoms with Crippen molar-refractivity contribution in [1.29, 1.82) is 0 Å². The molecule has 108 valence electrons. The van der Waals surface area contributed by atoms with E-state index in [0.29, 0.717) is 0 Å². The quantitative estimate of drug-likeness (QED) is 0.667. The van der Waals surface area contributed by atoms with Gasteiger partial charge in [0.15, 0.2) is 6.61 Å². The zero-order valence-corrected chi connectivity index (χ0v) is 9.93. The Kier molecular flexibility index (Phi) is 4.43. The van der Waals surface area contributed by atoms with Crippen molar-refractivity contribution >= 4 is 5.69 Å². The fraction of sp³-hybridized carbons (Fsp3) is 0.455. The van der Waals surface area contributed by atoms with E-state index in [0.717, 1.165) is 0 Å². The van der Waals surface area contributed by atoms with Gasteiger partial charge in [0.2, 0.25) is 0 Å². The Hall–Kier alpha value is -1.73. The Morgan fingerprint density at radius 3 is 2.05 bits per heavy atom. The van der Waals surface area contributed by atoms with Gasteiger partial charge in [-0.3, -0.25) is 0 Å². The fourth-order valence-corrected chi connectivity index (χ4v) is 1.18. The maximum Gasteiger partial charge on any atom is 0.456 e. The van der Waals surface area contributed by atoms with Crippen LogP contribution in [-0.4, -0.2) is 25.3 Å². The molecule has 0 aliphatic carbocycles. The molecule has 3 nitrogen and oxygen atoms in total. The predicted octanol–water partition coefficient (Wildman–Crippen LogP) is 3.24. The third-order valence-electron chi connectivity index (χ3n) is 2.15. The SMILES string of the molecule is CCOc1cccc(OCC(F)(F)C(F)(F)F)c1N. The minimum Gasteiger partial charge on any atom is -0.492 e. The number of rotatable bonds is 5. The molecule has 0 aliphatic heterocycles. The number of halogens is 5. The summed E-state index contributed by atoms with van der Waals surface area (Å²) in [7, 11) is 0. The topological polar surface area (TPSA) is 44.5 Å². The summed E-state index contributed by atoms with van der Waals surface area (Å²) in [5.41, 5.74) is 5.41. The Morgan fingerprint density at radius 1 is 1.05 bits per heavy atom. The van der Waals surface area contributed by atoms with Crippen molar-refractivity contribution in [3.05, 3.63) is 18.2 Å². The highest BCUT2D eigenvalue weighted by molar-refractivity contribution is 5.62. The molecule has 0 spiro atoms. The van der Waals surface area contributed by atoms with Crippen LogP contribution in [-0.2, 0) is 0 Å². The van der Waals surface area contributed by atoms with Crippen LogP contribution in [0.5, 0.6) is 11.5 Å². The first-order valence-electron chi connectivity index (χ1n) is 5.27. The third kappa shape index (κ3) is 3.62. The van der Waals surface area contributed by atoms with Crippen LogP contribution in [0.1, 0.15) is 6.92 Å². The molecule has 0 saturated heterocycles. The molecule has 1 aromatic carbocycles. The molecular weight excluding hydrogens is 273 g/mol. The lowest BCUT2D eigenvalue weighted by Gasteiger charge is -2.20. The van der Waals surface area contributed by atoms with Gasteiger partial charge in [0.1, 0.15) is 17.2 Å². The van der Waals surface area contributed by atoms with Gasteiger partial charge in [-0.2, -0.15) is 22.0 Å². The molecule has 19 heavy (non-hydrogen) atoms. The number of hydrogen-bond acceptors (Lipinski definition) is 3. The van der Waals surface area contributed by atoms with Crippen LogP contribution in [0.4, 0.5) is 27.6 Å². The molecule has 0 amide bonds. The molecule has 0 fully saturated rings. The molecule has 0 radical (unpaired) electrons. The average Bonchev–Trinajstić information content (AvgIpc) is 2.29. The predicted molar refractivity (Wildman–Crippen MR) is 58.5 cm³/mol. The molecule has 0 saturated carbocycles. The summed E-state index contributed by atoms with van der Waals surface area (Å²) >= 11 is 0. The lowest BCUT2D eigenvalue weighted by Crippen LogP contribution is -2.41.